The maximum absolute atomic E-state index is 11.6. The molecule has 5 nitrogen and oxygen atoms in total. The van der Waals surface area contributed by atoms with Crippen molar-refractivity contribution in [1.29, 1.82) is 0 Å². The number of hydrogen-bond donors (Lipinski definition) is 1. The number of rotatable bonds is 2. The molecule has 84 valence electrons. The third kappa shape index (κ3) is 1.76. The fourth-order valence-electron chi connectivity index (χ4n) is 1.91. The minimum atomic E-state index is -0.419. The van der Waals surface area contributed by atoms with Crippen molar-refractivity contribution in [2.75, 3.05) is 5.32 Å². The number of hydrogen-bond acceptors (Lipinski definition) is 3. The standard InChI is InChI=1S/C11H12N2O3/c1-2-7-5-8-6-9(13(15)16)3-4-10(8)12-11(7)14/h3-4,6-7H,2,5H2,1H3,(H,12,14)/t7-/m0/s1. The van der Waals surface area contributed by atoms with Crippen LogP contribution in [-0.4, -0.2) is 10.8 Å². The first-order chi connectivity index (χ1) is 7.61. The van der Waals surface area contributed by atoms with Crippen LogP contribution in [0.15, 0.2) is 18.2 Å². The number of non-ortho nitro benzene ring substituents is 1. The van der Waals surface area contributed by atoms with Crippen molar-refractivity contribution in [3.8, 4) is 0 Å². The largest absolute Gasteiger partial charge is 0.326 e. The van der Waals surface area contributed by atoms with E-state index in [0.717, 1.165) is 12.0 Å². The number of nitro benzene ring substituents is 1. The van der Waals surface area contributed by atoms with Crippen LogP contribution in [0.2, 0.25) is 0 Å². The quantitative estimate of drug-likeness (QED) is 0.612. The predicted octanol–water partition coefficient (Wildman–Crippen LogP) is 2.12. The van der Waals surface area contributed by atoms with Gasteiger partial charge in [-0.15, -0.1) is 0 Å². The molecule has 1 amide bonds. The van der Waals surface area contributed by atoms with Crippen molar-refractivity contribution in [1.82, 2.24) is 0 Å². The number of carbonyl (C=O) groups is 1. The molecule has 0 unspecified atom stereocenters. The number of carbonyl (C=O) groups excluding carboxylic acids is 1. The Morgan fingerprint density at radius 2 is 2.31 bits per heavy atom. The van der Waals surface area contributed by atoms with Gasteiger partial charge in [0.2, 0.25) is 5.91 Å². The summed E-state index contributed by atoms with van der Waals surface area (Å²) in [6.07, 6.45) is 1.33. The zero-order valence-corrected chi connectivity index (χ0v) is 8.90. The maximum atomic E-state index is 11.6. The van der Waals surface area contributed by atoms with E-state index in [1.807, 2.05) is 6.92 Å². The number of amides is 1. The molecule has 0 bridgehead atoms. The van der Waals surface area contributed by atoms with Crippen LogP contribution in [-0.2, 0) is 11.2 Å². The highest BCUT2D eigenvalue weighted by Gasteiger charge is 2.25. The van der Waals surface area contributed by atoms with E-state index in [2.05, 4.69) is 5.32 Å². The van der Waals surface area contributed by atoms with Gasteiger partial charge in [-0.25, -0.2) is 0 Å². The second-order valence-electron chi connectivity index (χ2n) is 3.90. The topological polar surface area (TPSA) is 72.2 Å². The lowest BCUT2D eigenvalue weighted by atomic mass is 9.91. The van der Waals surface area contributed by atoms with E-state index < -0.39 is 4.92 Å². The van der Waals surface area contributed by atoms with Crippen molar-refractivity contribution in [3.63, 3.8) is 0 Å². The zero-order valence-electron chi connectivity index (χ0n) is 8.90. The second kappa shape index (κ2) is 3.92. The molecule has 0 saturated heterocycles. The Hall–Kier alpha value is -1.91. The molecule has 0 aromatic heterocycles. The highest BCUT2D eigenvalue weighted by Crippen LogP contribution is 2.29. The first-order valence-corrected chi connectivity index (χ1v) is 5.20. The van der Waals surface area contributed by atoms with Crippen molar-refractivity contribution >= 4 is 17.3 Å². The van der Waals surface area contributed by atoms with Gasteiger partial charge in [0.25, 0.3) is 5.69 Å². The van der Waals surface area contributed by atoms with Gasteiger partial charge in [-0.1, -0.05) is 6.92 Å². The number of benzene rings is 1. The Morgan fingerprint density at radius 1 is 1.56 bits per heavy atom. The molecule has 1 atom stereocenters. The van der Waals surface area contributed by atoms with Crippen LogP contribution in [0.3, 0.4) is 0 Å². The van der Waals surface area contributed by atoms with Crippen LogP contribution in [0.5, 0.6) is 0 Å². The third-order valence-electron chi connectivity index (χ3n) is 2.89. The number of nitrogens with one attached hydrogen (secondary N) is 1. The van der Waals surface area contributed by atoms with Gasteiger partial charge < -0.3 is 5.32 Å². The van der Waals surface area contributed by atoms with E-state index >= 15 is 0 Å². The number of fused-ring (bicyclic) bond motifs is 1. The Labute approximate surface area is 92.6 Å². The van der Waals surface area contributed by atoms with Gasteiger partial charge in [0.05, 0.1) is 4.92 Å². The van der Waals surface area contributed by atoms with Gasteiger partial charge in [0.15, 0.2) is 0 Å². The molecule has 1 heterocycles. The van der Waals surface area contributed by atoms with Crippen LogP contribution in [0.1, 0.15) is 18.9 Å². The van der Waals surface area contributed by atoms with Gasteiger partial charge in [0, 0.05) is 23.7 Å². The Bertz CT molecular complexity index is 457. The first-order valence-electron chi connectivity index (χ1n) is 5.20. The third-order valence-corrected chi connectivity index (χ3v) is 2.89. The van der Waals surface area contributed by atoms with E-state index in [9.17, 15) is 14.9 Å². The molecule has 1 aliphatic rings. The molecule has 16 heavy (non-hydrogen) atoms. The molecule has 5 heteroatoms. The summed E-state index contributed by atoms with van der Waals surface area (Å²) >= 11 is 0. The van der Waals surface area contributed by atoms with Gasteiger partial charge in [-0.3, -0.25) is 14.9 Å². The minimum Gasteiger partial charge on any atom is -0.326 e. The molecule has 0 spiro atoms. The molecule has 1 N–H and O–H groups in total. The van der Waals surface area contributed by atoms with Crippen molar-refractivity contribution in [2.24, 2.45) is 5.92 Å². The first kappa shape index (κ1) is 10.6. The summed E-state index contributed by atoms with van der Waals surface area (Å²) in [6, 6.07) is 4.54. The normalized spacial score (nSPS) is 18.8. The summed E-state index contributed by atoms with van der Waals surface area (Å²) in [6.45, 7) is 1.94. The molecule has 1 aliphatic heterocycles. The van der Waals surface area contributed by atoms with Gasteiger partial charge in [-0.05, 0) is 24.5 Å². The Balaban J connectivity index is 2.37. The lowest BCUT2D eigenvalue weighted by Gasteiger charge is -2.23. The number of nitro groups is 1. The van der Waals surface area contributed by atoms with Gasteiger partial charge >= 0.3 is 0 Å². The van der Waals surface area contributed by atoms with Crippen LogP contribution in [0, 0.1) is 16.0 Å². The molecule has 2 rings (SSSR count). The fourth-order valence-corrected chi connectivity index (χ4v) is 1.91. The van der Waals surface area contributed by atoms with Crippen molar-refractivity contribution < 1.29 is 9.72 Å². The number of nitrogens with zero attached hydrogens (tertiary/aromatic N) is 1. The fraction of sp³-hybridized carbons (Fsp3) is 0.364. The summed E-state index contributed by atoms with van der Waals surface area (Å²) in [5, 5.41) is 13.4. The average molecular weight is 220 g/mol. The van der Waals surface area contributed by atoms with Crippen LogP contribution in [0.25, 0.3) is 0 Å². The molecule has 1 aromatic rings. The summed E-state index contributed by atoms with van der Waals surface area (Å²) in [4.78, 5) is 21.8. The molecule has 1 aromatic carbocycles. The molecule has 0 aliphatic carbocycles. The van der Waals surface area contributed by atoms with E-state index in [4.69, 9.17) is 0 Å². The smallest absolute Gasteiger partial charge is 0.269 e. The summed E-state index contributed by atoms with van der Waals surface area (Å²) in [5.41, 5.74) is 1.62. The molecule has 0 fully saturated rings. The van der Waals surface area contributed by atoms with E-state index in [0.29, 0.717) is 12.1 Å². The molecule has 0 saturated carbocycles. The molecular formula is C11H12N2O3. The summed E-state index contributed by atoms with van der Waals surface area (Å²) in [7, 11) is 0. The number of anilines is 1. The highest BCUT2D eigenvalue weighted by molar-refractivity contribution is 5.95. The van der Waals surface area contributed by atoms with Crippen molar-refractivity contribution in [2.45, 2.75) is 19.8 Å². The zero-order chi connectivity index (χ0) is 11.7. The van der Waals surface area contributed by atoms with E-state index in [1.54, 1.807) is 6.07 Å². The van der Waals surface area contributed by atoms with Gasteiger partial charge in [0.1, 0.15) is 0 Å². The average Bonchev–Trinajstić information content (AvgIpc) is 2.27. The Morgan fingerprint density at radius 3 is 2.94 bits per heavy atom. The van der Waals surface area contributed by atoms with E-state index in [1.165, 1.54) is 12.1 Å². The maximum Gasteiger partial charge on any atom is 0.269 e. The van der Waals surface area contributed by atoms with Crippen LogP contribution >= 0.6 is 0 Å². The SMILES string of the molecule is CC[C@H]1Cc2cc([N+](=O)[O-])ccc2NC1=O. The second-order valence-corrected chi connectivity index (χ2v) is 3.90. The minimum absolute atomic E-state index is 0.00357. The van der Waals surface area contributed by atoms with Crippen LogP contribution in [0.4, 0.5) is 11.4 Å². The lowest BCUT2D eigenvalue weighted by molar-refractivity contribution is -0.384. The van der Waals surface area contributed by atoms with Crippen LogP contribution < -0.4 is 5.32 Å². The van der Waals surface area contributed by atoms with Gasteiger partial charge in [-0.2, -0.15) is 0 Å². The molecule has 0 radical (unpaired) electrons. The predicted molar refractivity (Wildman–Crippen MR) is 59.2 cm³/mol. The monoisotopic (exact) mass is 220 g/mol. The summed E-state index contributed by atoms with van der Waals surface area (Å²) < 4.78 is 0. The Kier molecular flexibility index (Phi) is 2.60. The summed E-state index contributed by atoms with van der Waals surface area (Å²) in [5.74, 6) is -0.0710. The van der Waals surface area contributed by atoms with Crippen molar-refractivity contribution in [3.05, 3.63) is 33.9 Å². The molecular weight excluding hydrogens is 208 g/mol. The highest BCUT2D eigenvalue weighted by atomic mass is 16.6. The van der Waals surface area contributed by atoms with E-state index in [-0.39, 0.29) is 17.5 Å². The lowest BCUT2D eigenvalue weighted by Crippen LogP contribution is -2.29.